The maximum absolute atomic E-state index is 13.4. The van der Waals surface area contributed by atoms with Crippen molar-refractivity contribution in [3.8, 4) is 0 Å². The third-order valence-electron chi connectivity index (χ3n) is 2.39. The number of carbonyl (C=O) groups is 2. The normalized spacial score (nSPS) is 12.0. The first-order valence-corrected chi connectivity index (χ1v) is 6.00. The SMILES string of the molecule is CC(C)NC(=O)CC(Nc1ccccc1F)C(N)=O. The second kappa shape index (κ2) is 6.72. The zero-order valence-electron chi connectivity index (χ0n) is 10.9. The van der Waals surface area contributed by atoms with Crippen LogP contribution >= 0.6 is 0 Å². The number of nitrogens with one attached hydrogen (secondary N) is 2. The van der Waals surface area contributed by atoms with E-state index in [1.807, 2.05) is 13.8 Å². The summed E-state index contributed by atoms with van der Waals surface area (Å²) < 4.78 is 13.4. The maximum Gasteiger partial charge on any atom is 0.240 e. The van der Waals surface area contributed by atoms with Crippen LogP contribution in [-0.4, -0.2) is 23.9 Å². The fourth-order valence-electron chi connectivity index (χ4n) is 1.56. The van der Waals surface area contributed by atoms with Crippen LogP contribution in [-0.2, 0) is 9.59 Å². The lowest BCUT2D eigenvalue weighted by molar-refractivity contribution is -0.125. The number of benzene rings is 1. The second-order valence-corrected chi connectivity index (χ2v) is 4.51. The van der Waals surface area contributed by atoms with Crippen molar-refractivity contribution in [1.29, 1.82) is 0 Å². The molecule has 19 heavy (non-hydrogen) atoms. The first-order valence-electron chi connectivity index (χ1n) is 6.00. The highest BCUT2D eigenvalue weighted by Crippen LogP contribution is 2.14. The van der Waals surface area contributed by atoms with Gasteiger partial charge in [0.05, 0.1) is 12.1 Å². The third-order valence-corrected chi connectivity index (χ3v) is 2.39. The molecule has 0 spiro atoms. The van der Waals surface area contributed by atoms with Crippen molar-refractivity contribution in [2.45, 2.75) is 32.4 Å². The number of hydrogen-bond donors (Lipinski definition) is 3. The number of rotatable bonds is 6. The van der Waals surface area contributed by atoms with Gasteiger partial charge in [0.1, 0.15) is 11.9 Å². The van der Waals surface area contributed by atoms with Crippen molar-refractivity contribution in [2.24, 2.45) is 5.73 Å². The molecule has 0 saturated heterocycles. The second-order valence-electron chi connectivity index (χ2n) is 4.51. The summed E-state index contributed by atoms with van der Waals surface area (Å²) in [5, 5.41) is 5.29. The number of primary amides is 1. The van der Waals surface area contributed by atoms with Crippen LogP contribution in [0.5, 0.6) is 0 Å². The highest BCUT2D eigenvalue weighted by molar-refractivity contribution is 5.89. The minimum Gasteiger partial charge on any atom is -0.371 e. The van der Waals surface area contributed by atoms with Crippen LogP contribution in [0.1, 0.15) is 20.3 Å². The molecule has 0 heterocycles. The van der Waals surface area contributed by atoms with Gasteiger partial charge in [-0.2, -0.15) is 0 Å². The van der Waals surface area contributed by atoms with Gasteiger partial charge in [-0.3, -0.25) is 9.59 Å². The smallest absolute Gasteiger partial charge is 0.240 e. The van der Waals surface area contributed by atoms with Crippen molar-refractivity contribution < 1.29 is 14.0 Å². The van der Waals surface area contributed by atoms with Crippen LogP contribution in [0.15, 0.2) is 24.3 Å². The van der Waals surface area contributed by atoms with E-state index in [1.165, 1.54) is 18.2 Å². The van der Waals surface area contributed by atoms with E-state index in [-0.39, 0.29) is 24.1 Å². The van der Waals surface area contributed by atoms with Crippen LogP contribution in [0.4, 0.5) is 10.1 Å². The molecule has 1 rings (SSSR count). The summed E-state index contributed by atoms with van der Waals surface area (Å²) in [6.07, 6.45) is -0.137. The van der Waals surface area contributed by atoms with Crippen molar-refractivity contribution in [3.05, 3.63) is 30.1 Å². The van der Waals surface area contributed by atoms with Gasteiger partial charge >= 0.3 is 0 Å². The molecule has 5 nitrogen and oxygen atoms in total. The Morgan fingerprint density at radius 1 is 1.32 bits per heavy atom. The van der Waals surface area contributed by atoms with Crippen LogP contribution < -0.4 is 16.4 Å². The van der Waals surface area contributed by atoms with Crippen molar-refractivity contribution >= 4 is 17.5 Å². The topological polar surface area (TPSA) is 84.2 Å². The highest BCUT2D eigenvalue weighted by atomic mass is 19.1. The molecule has 0 fully saturated rings. The molecule has 0 saturated carbocycles. The van der Waals surface area contributed by atoms with Gasteiger partial charge in [0.2, 0.25) is 11.8 Å². The fraction of sp³-hybridized carbons (Fsp3) is 0.385. The Hall–Kier alpha value is -2.11. The van der Waals surface area contributed by atoms with Crippen LogP contribution in [0.2, 0.25) is 0 Å². The number of amides is 2. The Balaban J connectivity index is 2.71. The maximum atomic E-state index is 13.4. The molecule has 0 radical (unpaired) electrons. The predicted octanol–water partition coefficient (Wildman–Crippen LogP) is 1.01. The summed E-state index contributed by atoms with van der Waals surface area (Å²) in [7, 11) is 0. The number of anilines is 1. The van der Waals surface area contributed by atoms with Crippen molar-refractivity contribution in [2.75, 3.05) is 5.32 Å². The zero-order valence-corrected chi connectivity index (χ0v) is 10.9. The lowest BCUT2D eigenvalue weighted by Crippen LogP contribution is -2.41. The molecule has 4 N–H and O–H groups in total. The van der Waals surface area contributed by atoms with E-state index in [9.17, 15) is 14.0 Å². The molecule has 0 aliphatic heterocycles. The van der Waals surface area contributed by atoms with Gasteiger partial charge < -0.3 is 16.4 Å². The van der Waals surface area contributed by atoms with Gasteiger partial charge in [-0.1, -0.05) is 12.1 Å². The number of para-hydroxylation sites is 1. The largest absolute Gasteiger partial charge is 0.371 e. The number of halogens is 1. The summed E-state index contributed by atoms with van der Waals surface area (Å²) in [5.41, 5.74) is 5.35. The van der Waals surface area contributed by atoms with E-state index in [0.29, 0.717) is 0 Å². The molecule has 6 heteroatoms. The zero-order chi connectivity index (χ0) is 14.4. The fourth-order valence-corrected chi connectivity index (χ4v) is 1.56. The third kappa shape index (κ3) is 4.95. The number of hydrogen-bond acceptors (Lipinski definition) is 3. The first-order chi connectivity index (χ1) is 8.90. The van der Waals surface area contributed by atoms with E-state index in [1.54, 1.807) is 6.07 Å². The van der Waals surface area contributed by atoms with Gasteiger partial charge in [0, 0.05) is 6.04 Å². The van der Waals surface area contributed by atoms with Crippen molar-refractivity contribution in [3.63, 3.8) is 0 Å². The summed E-state index contributed by atoms with van der Waals surface area (Å²) in [6, 6.07) is 4.91. The lowest BCUT2D eigenvalue weighted by atomic mass is 10.1. The summed E-state index contributed by atoms with van der Waals surface area (Å²) >= 11 is 0. The van der Waals surface area contributed by atoms with Gasteiger partial charge in [-0.05, 0) is 26.0 Å². The lowest BCUT2D eigenvalue weighted by Gasteiger charge is -2.17. The molecule has 1 unspecified atom stereocenters. The molecule has 0 bridgehead atoms. The van der Waals surface area contributed by atoms with Gasteiger partial charge in [0.25, 0.3) is 0 Å². The predicted molar refractivity (Wildman–Crippen MR) is 70.9 cm³/mol. The van der Waals surface area contributed by atoms with Crippen LogP contribution in [0, 0.1) is 5.82 Å². The van der Waals surface area contributed by atoms with E-state index >= 15 is 0 Å². The summed E-state index contributed by atoms with van der Waals surface area (Å²) in [5.74, 6) is -1.53. The quantitative estimate of drug-likeness (QED) is 0.719. The minimum absolute atomic E-state index is 0.0329. The number of nitrogens with two attached hydrogens (primary N) is 1. The van der Waals surface area contributed by atoms with E-state index in [4.69, 9.17) is 5.73 Å². The molecule has 104 valence electrons. The first kappa shape index (κ1) is 14.9. The molecular weight excluding hydrogens is 249 g/mol. The Morgan fingerprint density at radius 2 is 1.95 bits per heavy atom. The standard InChI is InChI=1S/C13H18FN3O2/c1-8(2)16-12(18)7-11(13(15)19)17-10-6-4-3-5-9(10)14/h3-6,8,11,17H,7H2,1-2H3,(H2,15,19)(H,16,18). The summed E-state index contributed by atoms with van der Waals surface area (Å²) in [4.78, 5) is 22.9. The summed E-state index contributed by atoms with van der Waals surface area (Å²) in [6.45, 7) is 3.61. The Kier molecular flexibility index (Phi) is 5.29. The molecule has 0 aromatic heterocycles. The molecule has 0 aliphatic carbocycles. The van der Waals surface area contributed by atoms with E-state index in [0.717, 1.165) is 0 Å². The molecule has 0 aliphatic rings. The highest BCUT2D eigenvalue weighted by Gasteiger charge is 2.20. The minimum atomic E-state index is -0.948. The molecular formula is C13H18FN3O2. The van der Waals surface area contributed by atoms with Crippen LogP contribution in [0.25, 0.3) is 0 Å². The van der Waals surface area contributed by atoms with Gasteiger partial charge in [-0.15, -0.1) is 0 Å². The Bertz CT molecular complexity index is 463. The van der Waals surface area contributed by atoms with Crippen molar-refractivity contribution in [1.82, 2.24) is 5.32 Å². The average Bonchev–Trinajstić information content (AvgIpc) is 2.29. The Labute approximate surface area is 111 Å². The van der Waals surface area contributed by atoms with Gasteiger partial charge in [0.15, 0.2) is 0 Å². The Morgan fingerprint density at radius 3 is 2.47 bits per heavy atom. The van der Waals surface area contributed by atoms with Crippen LogP contribution in [0.3, 0.4) is 0 Å². The monoisotopic (exact) mass is 267 g/mol. The van der Waals surface area contributed by atoms with E-state index < -0.39 is 17.8 Å². The molecule has 1 aromatic rings. The average molecular weight is 267 g/mol. The molecule has 1 atom stereocenters. The van der Waals surface area contributed by atoms with E-state index in [2.05, 4.69) is 10.6 Å². The molecule has 2 amide bonds. The molecule has 1 aromatic carbocycles. The number of carbonyl (C=O) groups excluding carboxylic acids is 2. The van der Waals surface area contributed by atoms with Gasteiger partial charge in [-0.25, -0.2) is 4.39 Å².